The number of imide groups is 1. The summed E-state index contributed by atoms with van der Waals surface area (Å²) in [7, 11) is 0. The first-order chi connectivity index (χ1) is 17.2. The maximum Gasteiger partial charge on any atom is 0.329 e. The Balaban J connectivity index is 1.83. The minimum atomic E-state index is -1.04. The fraction of sp³-hybridized carbons (Fsp3) is 0.292. The SMILES string of the molecule is CCOC(=O)[C@@H](C)N1C(=O)S/C(=C/c2cc(OCC)c(OCc3ccc([N+](=O)[O-])cc3)cc2Br)C1=O. The Kier molecular flexibility index (Phi) is 9.10. The summed E-state index contributed by atoms with van der Waals surface area (Å²) in [5.74, 6) is -0.416. The molecule has 12 heteroatoms. The molecule has 3 rings (SSSR count). The lowest BCUT2D eigenvalue weighted by Gasteiger charge is -2.19. The van der Waals surface area contributed by atoms with Crippen molar-refractivity contribution in [3.63, 3.8) is 0 Å². The highest BCUT2D eigenvalue weighted by atomic mass is 79.9. The van der Waals surface area contributed by atoms with Gasteiger partial charge in [-0.25, -0.2) is 4.79 Å². The number of nitro groups is 1. The van der Waals surface area contributed by atoms with Crippen LogP contribution in [0.5, 0.6) is 11.5 Å². The molecule has 0 aliphatic carbocycles. The van der Waals surface area contributed by atoms with Gasteiger partial charge < -0.3 is 14.2 Å². The zero-order chi connectivity index (χ0) is 26.4. The molecule has 1 heterocycles. The van der Waals surface area contributed by atoms with Crippen LogP contribution < -0.4 is 9.47 Å². The molecular formula is C24H23BrN2O8S. The Morgan fingerprint density at radius 1 is 1.14 bits per heavy atom. The van der Waals surface area contributed by atoms with Crippen LogP contribution in [-0.4, -0.2) is 46.2 Å². The number of carbonyl (C=O) groups excluding carboxylic acids is 3. The summed E-state index contributed by atoms with van der Waals surface area (Å²) in [4.78, 5) is 48.8. The molecular weight excluding hydrogens is 556 g/mol. The van der Waals surface area contributed by atoms with E-state index in [9.17, 15) is 24.5 Å². The van der Waals surface area contributed by atoms with Gasteiger partial charge in [-0.2, -0.15) is 0 Å². The van der Waals surface area contributed by atoms with Gasteiger partial charge in [0.25, 0.3) is 16.8 Å². The van der Waals surface area contributed by atoms with Crippen molar-refractivity contribution < 1.29 is 33.5 Å². The molecule has 0 saturated carbocycles. The first-order valence-electron chi connectivity index (χ1n) is 10.9. The van der Waals surface area contributed by atoms with Crippen molar-refractivity contribution in [3.05, 3.63) is 67.0 Å². The van der Waals surface area contributed by atoms with Crippen molar-refractivity contribution in [3.8, 4) is 11.5 Å². The Bertz CT molecular complexity index is 1220. The topological polar surface area (TPSA) is 125 Å². The van der Waals surface area contributed by atoms with E-state index in [1.807, 2.05) is 6.92 Å². The summed E-state index contributed by atoms with van der Waals surface area (Å²) >= 11 is 4.20. The smallest absolute Gasteiger partial charge is 0.329 e. The minimum absolute atomic E-state index is 0.0121. The number of thioether (sulfide) groups is 1. The number of ether oxygens (including phenoxy) is 3. The van der Waals surface area contributed by atoms with Gasteiger partial charge in [0, 0.05) is 16.6 Å². The largest absolute Gasteiger partial charge is 0.490 e. The van der Waals surface area contributed by atoms with Crippen LogP contribution in [-0.2, 0) is 20.9 Å². The standard InChI is InChI=1S/C24H23BrN2O8S/c1-4-33-19-10-16(11-21-22(28)26(24(30)36-21)14(3)23(29)34-5-2)18(25)12-20(19)35-13-15-6-8-17(9-7-15)27(31)32/h6-12,14H,4-5,13H2,1-3H3/b21-11+/t14-/m1/s1. The molecule has 36 heavy (non-hydrogen) atoms. The number of amides is 2. The first kappa shape index (κ1) is 27.2. The molecule has 2 aromatic carbocycles. The number of nitrogens with zero attached hydrogens (tertiary/aromatic N) is 2. The molecule has 1 atom stereocenters. The number of halogens is 1. The molecule has 190 valence electrons. The molecule has 0 spiro atoms. The average molecular weight is 579 g/mol. The van der Waals surface area contributed by atoms with Crippen molar-refractivity contribution in [2.24, 2.45) is 0 Å². The fourth-order valence-electron chi connectivity index (χ4n) is 3.24. The molecule has 0 radical (unpaired) electrons. The number of hydrogen-bond acceptors (Lipinski definition) is 9. The van der Waals surface area contributed by atoms with Gasteiger partial charge in [-0.15, -0.1) is 0 Å². The summed E-state index contributed by atoms with van der Waals surface area (Å²) < 4.78 is 17.1. The van der Waals surface area contributed by atoms with Crippen molar-refractivity contribution in [1.82, 2.24) is 4.90 Å². The highest BCUT2D eigenvalue weighted by Crippen LogP contribution is 2.39. The molecule has 1 aliphatic heterocycles. The minimum Gasteiger partial charge on any atom is -0.490 e. The first-order valence-corrected chi connectivity index (χ1v) is 12.5. The number of hydrogen-bond donors (Lipinski definition) is 0. The van der Waals surface area contributed by atoms with Gasteiger partial charge in [0.05, 0.1) is 23.0 Å². The lowest BCUT2D eigenvalue weighted by Crippen LogP contribution is -2.42. The Morgan fingerprint density at radius 3 is 2.42 bits per heavy atom. The van der Waals surface area contributed by atoms with Crippen LogP contribution in [0.25, 0.3) is 6.08 Å². The van der Waals surface area contributed by atoms with E-state index >= 15 is 0 Å². The zero-order valence-corrected chi connectivity index (χ0v) is 22.1. The third kappa shape index (κ3) is 6.24. The second-order valence-corrected chi connectivity index (χ2v) is 9.29. The van der Waals surface area contributed by atoms with Gasteiger partial charge in [0.15, 0.2) is 11.5 Å². The van der Waals surface area contributed by atoms with Gasteiger partial charge in [-0.1, -0.05) is 15.9 Å². The van der Waals surface area contributed by atoms with E-state index in [0.29, 0.717) is 28.1 Å². The van der Waals surface area contributed by atoms with Crippen LogP contribution in [0.4, 0.5) is 10.5 Å². The number of nitro benzene ring substituents is 1. The van der Waals surface area contributed by atoms with E-state index in [2.05, 4.69) is 15.9 Å². The summed E-state index contributed by atoms with van der Waals surface area (Å²) in [6.45, 7) is 5.53. The summed E-state index contributed by atoms with van der Waals surface area (Å²) in [5, 5.41) is 10.3. The quantitative estimate of drug-likeness (QED) is 0.159. The van der Waals surface area contributed by atoms with Crippen molar-refractivity contribution >= 4 is 56.6 Å². The third-order valence-electron chi connectivity index (χ3n) is 5.03. The van der Waals surface area contributed by atoms with E-state index in [1.54, 1.807) is 31.2 Å². The molecule has 2 amide bonds. The molecule has 0 N–H and O–H groups in total. The van der Waals surface area contributed by atoms with Gasteiger partial charge in [-0.05, 0) is 74.0 Å². The maximum absolute atomic E-state index is 12.9. The maximum atomic E-state index is 12.9. The van der Waals surface area contributed by atoms with Gasteiger partial charge in [0.2, 0.25) is 0 Å². The van der Waals surface area contributed by atoms with Crippen molar-refractivity contribution in [2.45, 2.75) is 33.4 Å². The number of carbonyl (C=O) groups is 3. The normalized spacial score (nSPS) is 15.2. The van der Waals surface area contributed by atoms with Crippen LogP contribution in [0.2, 0.25) is 0 Å². The molecule has 0 aromatic heterocycles. The highest BCUT2D eigenvalue weighted by Gasteiger charge is 2.41. The number of esters is 1. The molecule has 0 bridgehead atoms. The lowest BCUT2D eigenvalue weighted by atomic mass is 10.1. The third-order valence-corrected chi connectivity index (χ3v) is 6.60. The number of benzene rings is 2. The number of non-ortho nitro benzene ring substituents is 1. The molecule has 1 saturated heterocycles. The molecule has 0 unspecified atom stereocenters. The van der Waals surface area contributed by atoms with Crippen LogP contribution in [0.1, 0.15) is 31.9 Å². The van der Waals surface area contributed by atoms with E-state index < -0.39 is 28.1 Å². The van der Waals surface area contributed by atoms with E-state index in [4.69, 9.17) is 14.2 Å². The second-order valence-electron chi connectivity index (χ2n) is 7.45. The Morgan fingerprint density at radius 2 is 1.81 bits per heavy atom. The number of rotatable bonds is 10. The van der Waals surface area contributed by atoms with E-state index in [-0.39, 0.29) is 23.8 Å². The molecule has 10 nitrogen and oxygen atoms in total. The van der Waals surface area contributed by atoms with Crippen LogP contribution >= 0.6 is 27.7 Å². The second kappa shape index (κ2) is 12.0. The van der Waals surface area contributed by atoms with Gasteiger partial charge in [0.1, 0.15) is 12.6 Å². The summed E-state index contributed by atoms with van der Waals surface area (Å²) in [5.41, 5.74) is 1.28. The molecule has 1 fully saturated rings. The Hall–Kier alpha value is -3.38. The highest BCUT2D eigenvalue weighted by molar-refractivity contribution is 9.10. The van der Waals surface area contributed by atoms with Crippen molar-refractivity contribution in [2.75, 3.05) is 13.2 Å². The van der Waals surface area contributed by atoms with Crippen LogP contribution in [0.3, 0.4) is 0 Å². The predicted octanol–water partition coefficient (Wildman–Crippen LogP) is 5.32. The van der Waals surface area contributed by atoms with Crippen molar-refractivity contribution in [1.29, 1.82) is 0 Å². The van der Waals surface area contributed by atoms with Crippen LogP contribution in [0, 0.1) is 10.1 Å². The monoisotopic (exact) mass is 578 g/mol. The molecule has 1 aliphatic rings. The molecule has 2 aromatic rings. The van der Waals surface area contributed by atoms with E-state index in [0.717, 1.165) is 22.2 Å². The summed E-state index contributed by atoms with van der Waals surface area (Å²) in [6, 6.07) is 8.31. The predicted molar refractivity (Wildman–Crippen MR) is 137 cm³/mol. The zero-order valence-electron chi connectivity index (χ0n) is 19.7. The fourth-order valence-corrected chi connectivity index (χ4v) is 4.58. The Labute approximate surface area is 219 Å². The van der Waals surface area contributed by atoms with Crippen LogP contribution in [0.15, 0.2) is 45.8 Å². The lowest BCUT2D eigenvalue weighted by molar-refractivity contribution is -0.384. The van der Waals surface area contributed by atoms with Gasteiger partial charge >= 0.3 is 5.97 Å². The van der Waals surface area contributed by atoms with Gasteiger partial charge in [-0.3, -0.25) is 24.6 Å². The van der Waals surface area contributed by atoms with E-state index in [1.165, 1.54) is 25.1 Å². The average Bonchev–Trinajstić information content (AvgIpc) is 3.12. The summed E-state index contributed by atoms with van der Waals surface area (Å²) in [6.07, 6.45) is 1.54.